The van der Waals surface area contributed by atoms with Gasteiger partial charge >= 0.3 is 0 Å². The Labute approximate surface area is 182 Å². The molecule has 0 spiro atoms. The van der Waals surface area contributed by atoms with E-state index in [-0.39, 0.29) is 12.4 Å². The molecule has 2 nitrogen and oxygen atoms in total. The quantitative estimate of drug-likeness (QED) is 0.364. The van der Waals surface area contributed by atoms with Crippen LogP contribution in [0.25, 0.3) is 0 Å². The molecule has 1 N–H and O–H groups in total. The van der Waals surface area contributed by atoms with Crippen LogP contribution < -0.4 is 33.6 Å². The van der Waals surface area contributed by atoms with Gasteiger partial charge < -0.3 is 22.5 Å². The van der Waals surface area contributed by atoms with Gasteiger partial charge in [-0.1, -0.05) is 54.6 Å². The lowest BCUT2D eigenvalue weighted by Gasteiger charge is -2.27. The van der Waals surface area contributed by atoms with Gasteiger partial charge in [-0.05, 0) is 56.4 Å². The maximum Gasteiger partial charge on any atom is 0.112 e. The SMILES string of the molecule is CNCCCOCCC[P+](c1ccccc1)(c1ccccc1)c1ccccc1.[Cl-]. The molecule has 4 heteroatoms. The Hall–Kier alpha value is -1.70. The molecule has 0 aliphatic carbocycles. The smallest absolute Gasteiger partial charge is 0.112 e. The van der Waals surface area contributed by atoms with E-state index in [1.807, 2.05) is 7.05 Å². The summed E-state index contributed by atoms with van der Waals surface area (Å²) in [5.74, 6) is 0. The molecule has 3 rings (SSSR count). The molecule has 0 aliphatic rings. The van der Waals surface area contributed by atoms with Gasteiger partial charge in [-0.2, -0.15) is 0 Å². The second-order valence-electron chi connectivity index (χ2n) is 6.96. The Morgan fingerprint density at radius 2 is 1.07 bits per heavy atom. The van der Waals surface area contributed by atoms with Gasteiger partial charge in [-0.3, -0.25) is 0 Å². The van der Waals surface area contributed by atoms with Crippen molar-refractivity contribution in [1.29, 1.82) is 0 Å². The van der Waals surface area contributed by atoms with Crippen molar-refractivity contribution < 1.29 is 17.1 Å². The molecule has 0 fully saturated rings. The van der Waals surface area contributed by atoms with Gasteiger partial charge in [0.1, 0.15) is 23.2 Å². The minimum absolute atomic E-state index is 0. The first-order valence-electron chi connectivity index (χ1n) is 10.2. The number of benzene rings is 3. The molecule has 0 aliphatic heterocycles. The molecule has 29 heavy (non-hydrogen) atoms. The number of nitrogens with one attached hydrogen (secondary N) is 1. The van der Waals surface area contributed by atoms with Crippen LogP contribution in [0.15, 0.2) is 91.0 Å². The fraction of sp³-hybridized carbons (Fsp3) is 0.280. The van der Waals surface area contributed by atoms with E-state index >= 15 is 0 Å². The number of hydrogen-bond donors (Lipinski definition) is 1. The Kier molecular flexibility index (Phi) is 10.4. The van der Waals surface area contributed by atoms with Crippen LogP contribution in [-0.2, 0) is 4.74 Å². The summed E-state index contributed by atoms with van der Waals surface area (Å²) in [6.45, 7) is 2.65. The molecule has 154 valence electrons. The monoisotopic (exact) mass is 427 g/mol. The van der Waals surface area contributed by atoms with E-state index in [9.17, 15) is 0 Å². The third-order valence-corrected chi connectivity index (χ3v) is 9.61. The lowest BCUT2D eigenvalue weighted by molar-refractivity contribution is -0.00000630. The van der Waals surface area contributed by atoms with Gasteiger partial charge in [0.05, 0.1) is 12.8 Å². The summed E-state index contributed by atoms with van der Waals surface area (Å²) in [5.41, 5.74) is 0. The third-order valence-electron chi connectivity index (χ3n) is 5.09. The van der Waals surface area contributed by atoms with Crippen LogP contribution in [-0.4, -0.2) is 33.0 Å². The van der Waals surface area contributed by atoms with E-state index in [4.69, 9.17) is 4.74 Å². The van der Waals surface area contributed by atoms with E-state index in [1.54, 1.807) is 0 Å². The van der Waals surface area contributed by atoms with Gasteiger partial charge in [0.25, 0.3) is 0 Å². The first-order valence-corrected chi connectivity index (χ1v) is 12.1. The van der Waals surface area contributed by atoms with Crippen LogP contribution in [0.1, 0.15) is 12.8 Å². The highest BCUT2D eigenvalue weighted by atomic mass is 35.5. The molecule has 3 aromatic rings. The second-order valence-corrected chi connectivity index (χ2v) is 10.6. The molecule has 0 aromatic heterocycles. The van der Waals surface area contributed by atoms with Gasteiger partial charge in [0.15, 0.2) is 0 Å². The minimum Gasteiger partial charge on any atom is -1.00 e. The second kappa shape index (κ2) is 12.8. The van der Waals surface area contributed by atoms with Crippen molar-refractivity contribution in [1.82, 2.24) is 5.32 Å². The summed E-state index contributed by atoms with van der Waals surface area (Å²) in [6, 6.07) is 33.2. The number of ether oxygens (including phenoxy) is 1. The van der Waals surface area contributed by atoms with E-state index in [0.29, 0.717) is 0 Å². The molecular formula is C25H31ClNOP. The largest absolute Gasteiger partial charge is 1.00 e. The maximum absolute atomic E-state index is 5.92. The molecule has 3 aromatic carbocycles. The van der Waals surface area contributed by atoms with Gasteiger partial charge in [-0.25, -0.2) is 0 Å². The summed E-state index contributed by atoms with van der Waals surface area (Å²) < 4.78 is 5.92. The zero-order chi connectivity index (χ0) is 19.5. The third kappa shape index (κ3) is 6.14. The summed E-state index contributed by atoms with van der Waals surface area (Å²) in [6.07, 6.45) is 3.25. The van der Waals surface area contributed by atoms with Gasteiger partial charge in [-0.15, -0.1) is 0 Å². The standard InChI is InChI=1S/C25H31NOP.ClH/c1-26-19-11-20-27-21-12-22-28(23-13-5-2-6-14-23,24-15-7-3-8-16-24)25-17-9-4-10-18-25;/h2-10,13-18,26H,11-12,19-22H2,1H3;1H/q+1;/p-1. The fourth-order valence-corrected chi connectivity index (χ4v) is 8.05. The van der Waals surface area contributed by atoms with Crippen LogP contribution in [0.3, 0.4) is 0 Å². The topological polar surface area (TPSA) is 21.3 Å². The highest BCUT2D eigenvalue weighted by molar-refractivity contribution is 7.95. The van der Waals surface area contributed by atoms with Crippen LogP contribution in [0.2, 0.25) is 0 Å². The van der Waals surface area contributed by atoms with E-state index in [1.165, 1.54) is 15.9 Å². The summed E-state index contributed by atoms with van der Waals surface area (Å²) >= 11 is 0. The average molecular weight is 428 g/mol. The molecule has 0 unspecified atom stereocenters. The molecule has 0 saturated heterocycles. The number of rotatable bonds is 11. The summed E-state index contributed by atoms with van der Waals surface area (Å²) in [4.78, 5) is 0. The predicted molar refractivity (Wildman–Crippen MR) is 124 cm³/mol. The lowest BCUT2D eigenvalue weighted by Crippen LogP contribution is -3.00. The Balaban J connectivity index is 0.00000300. The molecule has 0 saturated carbocycles. The maximum atomic E-state index is 5.92. The predicted octanol–water partition coefficient (Wildman–Crippen LogP) is 1.00. The Morgan fingerprint density at radius 3 is 1.48 bits per heavy atom. The fourth-order valence-electron chi connectivity index (χ4n) is 3.74. The molecule has 0 amide bonds. The molecular weight excluding hydrogens is 397 g/mol. The summed E-state index contributed by atoms with van der Waals surface area (Å²) in [7, 11) is 0.278. The molecule has 0 bridgehead atoms. The molecule has 0 radical (unpaired) electrons. The number of halogens is 1. The van der Waals surface area contributed by atoms with Crippen molar-refractivity contribution >= 4 is 23.2 Å². The van der Waals surface area contributed by atoms with E-state index in [0.717, 1.165) is 38.8 Å². The Bertz CT molecular complexity index is 702. The molecule has 0 heterocycles. The first-order chi connectivity index (χ1) is 13.9. The number of hydrogen-bond acceptors (Lipinski definition) is 2. The van der Waals surface area contributed by atoms with Gasteiger partial charge in [0.2, 0.25) is 0 Å². The van der Waals surface area contributed by atoms with Crippen LogP contribution in [0, 0.1) is 0 Å². The van der Waals surface area contributed by atoms with Crippen molar-refractivity contribution in [3.05, 3.63) is 91.0 Å². The molecule has 0 atom stereocenters. The van der Waals surface area contributed by atoms with Crippen molar-refractivity contribution in [3.63, 3.8) is 0 Å². The van der Waals surface area contributed by atoms with Crippen LogP contribution >= 0.6 is 7.26 Å². The van der Waals surface area contributed by atoms with Crippen LogP contribution in [0.5, 0.6) is 0 Å². The van der Waals surface area contributed by atoms with Crippen molar-refractivity contribution in [2.75, 3.05) is 33.0 Å². The highest BCUT2D eigenvalue weighted by Crippen LogP contribution is 2.55. The van der Waals surface area contributed by atoms with Crippen LogP contribution in [0.4, 0.5) is 0 Å². The van der Waals surface area contributed by atoms with Crippen molar-refractivity contribution in [2.24, 2.45) is 0 Å². The minimum atomic E-state index is -1.71. The van der Waals surface area contributed by atoms with Crippen molar-refractivity contribution in [2.45, 2.75) is 12.8 Å². The van der Waals surface area contributed by atoms with E-state index < -0.39 is 7.26 Å². The van der Waals surface area contributed by atoms with Gasteiger partial charge in [0, 0.05) is 13.0 Å². The van der Waals surface area contributed by atoms with Crippen molar-refractivity contribution in [3.8, 4) is 0 Å². The Morgan fingerprint density at radius 1 is 0.655 bits per heavy atom. The highest BCUT2D eigenvalue weighted by Gasteiger charge is 2.44. The average Bonchev–Trinajstić information content (AvgIpc) is 2.78. The zero-order valence-electron chi connectivity index (χ0n) is 17.1. The zero-order valence-corrected chi connectivity index (χ0v) is 18.8. The lowest BCUT2D eigenvalue weighted by atomic mass is 10.4. The van der Waals surface area contributed by atoms with E-state index in [2.05, 4.69) is 96.3 Å². The normalized spacial score (nSPS) is 11.1. The summed E-state index contributed by atoms with van der Waals surface area (Å²) in [5, 5.41) is 7.51. The first kappa shape index (κ1) is 23.6.